The third-order valence-corrected chi connectivity index (χ3v) is 4.34. The van der Waals surface area contributed by atoms with Crippen molar-refractivity contribution < 1.29 is 0 Å². The van der Waals surface area contributed by atoms with E-state index in [0.29, 0.717) is 12.2 Å². The molecular formula is C19H15ClN4. The van der Waals surface area contributed by atoms with Gasteiger partial charge in [-0.05, 0) is 53.0 Å². The zero-order valence-electron chi connectivity index (χ0n) is 13.1. The van der Waals surface area contributed by atoms with Crippen LogP contribution in [-0.2, 0) is 6.42 Å². The van der Waals surface area contributed by atoms with E-state index >= 15 is 0 Å². The fraction of sp³-hybridized carbons (Fsp3) is 0.105. The number of hydrogen-bond donors (Lipinski definition) is 1. The minimum absolute atomic E-state index is 0.658. The summed E-state index contributed by atoms with van der Waals surface area (Å²) in [5, 5.41) is 15.0. The lowest BCUT2D eigenvalue weighted by atomic mass is 9.99. The van der Waals surface area contributed by atoms with Gasteiger partial charge in [0.1, 0.15) is 0 Å². The normalized spacial score (nSPS) is 14.8. The highest BCUT2D eigenvalue weighted by Gasteiger charge is 2.19. The molecule has 24 heavy (non-hydrogen) atoms. The maximum atomic E-state index is 5.97. The molecule has 0 radical (unpaired) electrons. The van der Waals surface area contributed by atoms with Crippen LogP contribution in [0.5, 0.6) is 0 Å². The average Bonchev–Trinajstić information content (AvgIpc) is 3.19. The summed E-state index contributed by atoms with van der Waals surface area (Å²) in [5.74, 6) is 0.696. The summed E-state index contributed by atoms with van der Waals surface area (Å²) >= 11 is 5.97. The summed E-state index contributed by atoms with van der Waals surface area (Å²) in [6, 6.07) is 14.4. The number of allylic oxidation sites excluding steroid dienone is 3. The van der Waals surface area contributed by atoms with Crippen molar-refractivity contribution in [2.45, 2.75) is 13.3 Å². The Labute approximate surface area is 144 Å². The summed E-state index contributed by atoms with van der Waals surface area (Å²) in [6.07, 6.45) is 5.04. The van der Waals surface area contributed by atoms with Crippen molar-refractivity contribution in [3.05, 3.63) is 81.6 Å². The number of halogens is 1. The van der Waals surface area contributed by atoms with E-state index in [0.717, 1.165) is 10.6 Å². The molecule has 0 saturated heterocycles. The van der Waals surface area contributed by atoms with Crippen LogP contribution in [0.3, 0.4) is 0 Å². The van der Waals surface area contributed by atoms with E-state index < -0.39 is 0 Å². The first-order valence-corrected chi connectivity index (χ1v) is 8.08. The van der Waals surface area contributed by atoms with Crippen LogP contribution in [0.2, 0.25) is 5.02 Å². The number of aryl methyl sites for hydroxylation is 1. The summed E-state index contributed by atoms with van der Waals surface area (Å²) in [5.41, 5.74) is 7.22. The average molecular weight is 335 g/mol. The van der Waals surface area contributed by atoms with Gasteiger partial charge < -0.3 is 0 Å². The van der Waals surface area contributed by atoms with Crippen LogP contribution in [0.1, 0.15) is 28.1 Å². The predicted octanol–water partition coefficient (Wildman–Crippen LogP) is 4.34. The molecule has 1 aliphatic rings. The van der Waals surface area contributed by atoms with Crippen molar-refractivity contribution in [3.8, 4) is 0 Å². The molecule has 0 fully saturated rings. The lowest BCUT2D eigenvalue weighted by Gasteiger charge is -2.05. The number of fused-ring (bicyclic) bond motifs is 1. The van der Waals surface area contributed by atoms with Crippen LogP contribution in [0, 0.1) is 6.92 Å². The van der Waals surface area contributed by atoms with Gasteiger partial charge in [-0.3, -0.25) is 0 Å². The molecule has 1 heterocycles. The van der Waals surface area contributed by atoms with Crippen molar-refractivity contribution in [1.29, 1.82) is 0 Å². The molecule has 0 aliphatic heterocycles. The fourth-order valence-corrected chi connectivity index (χ4v) is 3.08. The lowest BCUT2D eigenvalue weighted by molar-refractivity contribution is 0.881. The number of hydrogen-bond acceptors (Lipinski definition) is 3. The zero-order chi connectivity index (χ0) is 16.5. The van der Waals surface area contributed by atoms with E-state index in [1.54, 1.807) is 0 Å². The molecule has 0 atom stereocenters. The Bertz CT molecular complexity index is 938. The molecule has 2 aromatic carbocycles. The van der Waals surface area contributed by atoms with Crippen LogP contribution in [0.25, 0.3) is 17.2 Å². The molecule has 118 valence electrons. The quantitative estimate of drug-likeness (QED) is 0.775. The maximum absolute atomic E-state index is 5.97. The minimum atomic E-state index is 0.658. The second kappa shape index (κ2) is 6.06. The highest BCUT2D eigenvalue weighted by Crippen LogP contribution is 2.38. The Hall–Kier alpha value is -2.72. The van der Waals surface area contributed by atoms with E-state index in [9.17, 15) is 0 Å². The number of aromatic nitrogens is 4. The smallest absolute Gasteiger partial charge is 0.177 e. The predicted molar refractivity (Wildman–Crippen MR) is 96.4 cm³/mol. The van der Waals surface area contributed by atoms with Gasteiger partial charge in [0.2, 0.25) is 0 Å². The molecule has 0 bridgehead atoms. The summed E-state index contributed by atoms with van der Waals surface area (Å²) < 4.78 is 0. The van der Waals surface area contributed by atoms with E-state index in [4.69, 9.17) is 11.6 Å². The number of benzene rings is 2. The standard InChI is InChI=1S/C19H15ClN4/c1-12-2-7-17-14(9-13-3-5-16(20)6-4-13)10-15(18(17)8-12)11-19-21-23-24-22-19/h2-10H,11H2,1H3,(H,21,22,23,24). The van der Waals surface area contributed by atoms with E-state index in [-0.39, 0.29) is 0 Å². The second-order valence-corrected chi connectivity index (χ2v) is 6.31. The lowest BCUT2D eigenvalue weighted by Crippen LogP contribution is -1.93. The van der Waals surface area contributed by atoms with Crippen molar-refractivity contribution in [1.82, 2.24) is 20.6 Å². The van der Waals surface area contributed by atoms with Gasteiger partial charge in [-0.2, -0.15) is 5.21 Å². The van der Waals surface area contributed by atoms with Crippen molar-refractivity contribution in [2.24, 2.45) is 0 Å². The largest absolute Gasteiger partial charge is 0.178 e. The van der Waals surface area contributed by atoms with Gasteiger partial charge in [-0.1, -0.05) is 58.8 Å². The molecule has 1 aliphatic carbocycles. The number of rotatable bonds is 3. The molecule has 0 unspecified atom stereocenters. The minimum Gasteiger partial charge on any atom is -0.177 e. The van der Waals surface area contributed by atoms with Crippen molar-refractivity contribution in [3.63, 3.8) is 0 Å². The van der Waals surface area contributed by atoms with E-state index in [1.807, 2.05) is 24.3 Å². The first kappa shape index (κ1) is 14.8. The number of nitrogens with zero attached hydrogens (tertiary/aromatic N) is 3. The molecule has 1 N–H and O–H groups in total. The molecule has 3 aromatic rings. The monoisotopic (exact) mass is 334 g/mol. The fourth-order valence-electron chi connectivity index (χ4n) is 2.95. The van der Waals surface area contributed by atoms with Crippen LogP contribution < -0.4 is 0 Å². The van der Waals surface area contributed by atoms with E-state index in [1.165, 1.54) is 27.8 Å². The molecule has 0 spiro atoms. The number of H-pyrrole nitrogens is 1. The maximum Gasteiger partial charge on any atom is 0.178 e. The van der Waals surface area contributed by atoms with Crippen LogP contribution in [0.15, 0.2) is 48.5 Å². The first-order chi connectivity index (χ1) is 11.7. The number of aromatic amines is 1. The summed E-state index contributed by atoms with van der Waals surface area (Å²) in [6.45, 7) is 2.10. The Balaban J connectivity index is 1.77. The summed E-state index contributed by atoms with van der Waals surface area (Å²) in [7, 11) is 0. The van der Waals surface area contributed by atoms with Crippen molar-refractivity contribution in [2.75, 3.05) is 0 Å². The Morgan fingerprint density at radius 2 is 1.92 bits per heavy atom. The molecule has 4 nitrogen and oxygen atoms in total. The van der Waals surface area contributed by atoms with Gasteiger partial charge in [0, 0.05) is 11.4 Å². The third-order valence-electron chi connectivity index (χ3n) is 4.09. The molecule has 1 aromatic heterocycles. The van der Waals surface area contributed by atoms with Gasteiger partial charge in [0.15, 0.2) is 5.82 Å². The van der Waals surface area contributed by atoms with Gasteiger partial charge in [0.25, 0.3) is 0 Å². The molecule has 4 rings (SSSR count). The van der Waals surface area contributed by atoms with Crippen molar-refractivity contribution >= 4 is 28.8 Å². The van der Waals surface area contributed by atoms with Gasteiger partial charge >= 0.3 is 0 Å². The molecule has 0 saturated carbocycles. The SMILES string of the molecule is Cc1ccc2c(c1)C(Cc1nn[nH]n1)=CC2=Cc1ccc(Cl)cc1. The van der Waals surface area contributed by atoms with Gasteiger partial charge in [-0.25, -0.2) is 0 Å². The Morgan fingerprint density at radius 3 is 2.67 bits per heavy atom. The third kappa shape index (κ3) is 2.88. The number of nitrogens with one attached hydrogen (secondary N) is 1. The Morgan fingerprint density at radius 1 is 1.08 bits per heavy atom. The van der Waals surface area contributed by atoms with E-state index in [2.05, 4.69) is 57.9 Å². The van der Waals surface area contributed by atoms with Crippen LogP contribution in [-0.4, -0.2) is 20.6 Å². The van der Waals surface area contributed by atoms with Gasteiger partial charge in [-0.15, -0.1) is 10.2 Å². The zero-order valence-corrected chi connectivity index (χ0v) is 13.9. The van der Waals surface area contributed by atoms with Gasteiger partial charge in [0.05, 0.1) is 0 Å². The highest BCUT2D eigenvalue weighted by atomic mass is 35.5. The Kier molecular flexibility index (Phi) is 3.75. The highest BCUT2D eigenvalue weighted by molar-refractivity contribution is 6.30. The summed E-state index contributed by atoms with van der Waals surface area (Å²) in [4.78, 5) is 0. The molecule has 5 heteroatoms. The molecule has 0 amide bonds. The number of tetrazole rings is 1. The first-order valence-electron chi connectivity index (χ1n) is 7.70. The topological polar surface area (TPSA) is 54.5 Å². The second-order valence-electron chi connectivity index (χ2n) is 5.87. The van der Waals surface area contributed by atoms with Crippen LogP contribution in [0.4, 0.5) is 0 Å². The van der Waals surface area contributed by atoms with Crippen LogP contribution >= 0.6 is 11.6 Å². The molecular weight excluding hydrogens is 320 g/mol.